The number of rotatable bonds is 4. The molecule has 0 aromatic carbocycles. The van der Waals surface area contributed by atoms with Crippen LogP contribution in [0.1, 0.15) is 17.2 Å². The van der Waals surface area contributed by atoms with E-state index in [1.54, 1.807) is 12.2 Å². The summed E-state index contributed by atoms with van der Waals surface area (Å²) in [4.78, 5) is 17.9. The van der Waals surface area contributed by atoms with Crippen molar-refractivity contribution in [3.05, 3.63) is 17.2 Å². The lowest BCUT2D eigenvalue weighted by molar-refractivity contribution is -0.138. The van der Waals surface area contributed by atoms with E-state index in [2.05, 4.69) is 9.97 Å². The lowest BCUT2D eigenvalue weighted by Crippen LogP contribution is -2.34. The zero-order valence-corrected chi connectivity index (χ0v) is 9.19. The number of hydrogen-bond acceptors (Lipinski definition) is 3. The number of H-pyrrole nitrogens is 1. The summed E-state index contributed by atoms with van der Waals surface area (Å²) in [6, 6.07) is 0. The van der Waals surface area contributed by atoms with Crippen molar-refractivity contribution in [2.75, 3.05) is 6.54 Å². The molecular formula is C9H13F3N4O. The average Bonchev–Trinajstić information content (AvgIpc) is 2.55. The molecule has 8 heteroatoms. The molecule has 1 aromatic rings. The maximum Gasteiger partial charge on any atom is 0.405 e. The van der Waals surface area contributed by atoms with E-state index >= 15 is 0 Å². The molecule has 5 nitrogen and oxygen atoms in total. The maximum absolute atomic E-state index is 11.8. The van der Waals surface area contributed by atoms with Crippen LogP contribution < -0.4 is 11.1 Å². The Balaban J connectivity index is 2.50. The van der Waals surface area contributed by atoms with E-state index < -0.39 is 18.6 Å². The van der Waals surface area contributed by atoms with Crippen molar-refractivity contribution in [3.63, 3.8) is 0 Å². The Hall–Kier alpha value is -1.57. The Morgan fingerprint density at radius 3 is 2.65 bits per heavy atom. The van der Waals surface area contributed by atoms with Crippen LogP contribution in [0, 0.1) is 6.92 Å². The van der Waals surface area contributed by atoms with E-state index in [0.717, 1.165) is 0 Å². The largest absolute Gasteiger partial charge is 0.405 e. The molecule has 17 heavy (non-hydrogen) atoms. The summed E-state index contributed by atoms with van der Waals surface area (Å²) >= 11 is 0. The molecule has 1 amide bonds. The first-order valence-corrected chi connectivity index (χ1v) is 4.89. The van der Waals surface area contributed by atoms with Gasteiger partial charge < -0.3 is 16.0 Å². The predicted molar refractivity (Wildman–Crippen MR) is 54.0 cm³/mol. The third-order valence-corrected chi connectivity index (χ3v) is 2.04. The Kier molecular flexibility index (Phi) is 4.11. The molecule has 0 saturated carbocycles. The Bertz CT molecular complexity index is 399. The Morgan fingerprint density at radius 1 is 1.53 bits per heavy atom. The molecular weight excluding hydrogens is 237 g/mol. The third kappa shape index (κ3) is 4.43. The summed E-state index contributed by atoms with van der Waals surface area (Å²) in [7, 11) is 0. The molecule has 0 unspecified atom stereocenters. The minimum atomic E-state index is -4.41. The van der Waals surface area contributed by atoms with Gasteiger partial charge in [0.2, 0.25) is 5.91 Å². The number of hydrogen-bond donors (Lipinski definition) is 3. The summed E-state index contributed by atoms with van der Waals surface area (Å²) in [5, 5.41) is 1.76. The van der Waals surface area contributed by atoms with Crippen LogP contribution in [-0.2, 0) is 17.8 Å². The number of aromatic nitrogens is 2. The normalized spacial score (nSPS) is 11.6. The van der Waals surface area contributed by atoms with Crippen LogP contribution in [0.5, 0.6) is 0 Å². The van der Waals surface area contributed by atoms with Crippen LogP contribution in [0.15, 0.2) is 0 Å². The van der Waals surface area contributed by atoms with Gasteiger partial charge in [-0.15, -0.1) is 0 Å². The Morgan fingerprint density at radius 2 is 2.18 bits per heavy atom. The van der Waals surface area contributed by atoms with Crippen LogP contribution in [0.3, 0.4) is 0 Å². The number of halogens is 3. The fourth-order valence-electron chi connectivity index (χ4n) is 1.26. The highest BCUT2D eigenvalue weighted by Crippen LogP contribution is 2.12. The minimum absolute atomic E-state index is 0.215. The van der Waals surface area contributed by atoms with Gasteiger partial charge >= 0.3 is 6.18 Å². The van der Waals surface area contributed by atoms with Gasteiger partial charge in [0.25, 0.3) is 0 Å². The van der Waals surface area contributed by atoms with Crippen molar-refractivity contribution in [1.29, 1.82) is 0 Å². The predicted octanol–water partition coefficient (Wildman–Crippen LogP) is 0.398. The van der Waals surface area contributed by atoms with E-state index in [1.807, 2.05) is 0 Å². The first kappa shape index (κ1) is 13.5. The van der Waals surface area contributed by atoms with Crippen molar-refractivity contribution in [3.8, 4) is 0 Å². The second-order valence-electron chi connectivity index (χ2n) is 3.53. The molecule has 1 heterocycles. The second-order valence-corrected chi connectivity index (χ2v) is 3.53. The fourth-order valence-corrected chi connectivity index (χ4v) is 1.26. The lowest BCUT2D eigenvalue weighted by Gasteiger charge is -2.07. The Labute approximate surface area is 95.6 Å². The van der Waals surface area contributed by atoms with Gasteiger partial charge in [-0.3, -0.25) is 4.79 Å². The highest BCUT2D eigenvalue weighted by molar-refractivity contribution is 5.77. The quantitative estimate of drug-likeness (QED) is 0.723. The summed E-state index contributed by atoms with van der Waals surface area (Å²) < 4.78 is 35.5. The van der Waals surface area contributed by atoms with Crippen molar-refractivity contribution < 1.29 is 18.0 Å². The summed E-state index contributed by atoms with van der Waals surface area (Å²) in [6.07, 6.45) is -4.63. The molecule has 0 radical (unpaired) electrons. The number of nitrogens with one attached hydrogen (secondary N) is 2. The van der Waals surface area contributed by atoms with Gasteiger partial charge in [-0.1, -0.05) is 0 Å². The fraction of sp³-hybridized carbons (Fsp3) is 0.556. The number of imidazole rings is 1. The number of nitrogens with two attached hydrogens (primary N) is 1. The molecule has 0 aliphatic rings. The molecule has 0 aliphatic carbocycles. The van der Waals surface area contributed by atoms with E-state index in [9.17, 15) is 18.0 Å². The van der Waals surface area contributed by atoms with E-state index in [4.69, 9.17) is 5.73 Å². The van der Waals surface area contributed by atoms with Crippen LogP contribution in [0.2, 0.25) is 0 Å². The molecule has 0 bridgehead atoms. The zero-order valence-electron chi connectivity index (χ0n) is 9.19. The van der Waals surface area contributed by atoms with E-state index in [-0.39, 0.29) is 13.0 Å². The maximum atomic E-state index is 11.8. The van der Waals surface area contributed by atoms with Crippen LogP contribution in [-0.4, -0.2) is 28.6 Å². The number of alkyl halides is 3. The molecule has 1 aromatic heterocycles. The SMILES string of the molecule is Cc1[nH]c(CC(=O)NCC(F)(F)F)nc1CN. The van der Waals surface area contributed by atoms with Gasteiger partial charge in [0, 0.05) is 12.2 Å². The van der Waals surface area contributed by atoms with Gasteiger partial charge in [0.1, 0.15) is 12.4 Å². The van der Waals surface area contributed by atoms with Crippen LogP contribution >= 0.6 is 0 Å². The number of carbonyl (C=O) groups is 1. The zero-order chi connectivity index (χ0) is 13.1. The standard InChI is InChI=1S/C9H13F3N4O/c1-5-6(3-13)16-7(15-5)2-8(17)14-4-9(10,11)12/h2-4,13H2,1H3,(H,14,17)(H,15,16). The molecule has 0 aliphatic heterocycles. The smallest absolute Gasteiger partial charge is 0.347 e. The van der Waals surface area contributed by atoms with E-state index in [0.29, 0.717) is 17.2 Å². The first-order chi connectivity index (χ1) is 7.81. The molecule has 0 saturated heterocycles. The molecule has 4 N–H and O–H groups in total. The van der Waals surface area contributed by atoms with Crippen molar-refractivity contribution in [1.82, 2.24) is 15.3 Å². The second kappa shape index (κ2) is 5.17. The minimum Gasteiger partial charge on any atom is -0.347 e. The van der Waals surface area contributed by atoms with Crippen LogP contribution in [0.4, 0.5) is 13.2 Å². The average molecular weight is 250 g/mol. The highest BCUT2D eigenvalue weighted by Gasteiger charge is 2.27. The van der Waals surface area contributed by atoms with Crippen molar-refractivity contribution in [2.45, 2.75) is 26.1 Å². The summed E-state index contributed by atoms with van der Waals surface area (Å²) in [5.74, 6) is -0.428. The van der Waals surface area contributed by atoms with Gasteiger partial charge in [0.15, 0.2) is 0 Å². The summed E-state index contributed by atoms with van der Waals surface area (Å²) in [5.41, 5.74) is 6.69. The van der Waals surface area contributed by atoms with Gasteiger partial charge in [-0.25, -0.2) is 4.98 Å². The molecule has 0 spiro atoms. The monoisotopic (exact) mass is 250 g/mol. The van der Waals surface area contributed by atoms with Gasteiger partial charge in [0.05, 0.1) is 12.1 Å². The number of aryl methyl sites for hydroxylation is 1. The molecule has 0 fully saturated rings. The van der Waals surface area contributed by atoms with Crippen molar-refractivity contribution in [2.24, 2.45) is 5.73 Å². The highest BCUT2D eigenvalue weighted by atomic mass is 19.4. The third-order valence-electron chi connectivity index (χ3n) is 2.04. The summed E-state index contributed by atoms with van der Waals surface area (Å²) in [6.45, 7) is 0.605. The van der Waals surface area contributed by atoms with E-state index in [1.165, 1.54) is 0 Å². The van der Waals surface area contributed by atoms with Gasteiger partial charge in [-0.05, 0) is 6.92 Å². The topological polar surface area (TPSA) is 83.8 Å². The number of nitrogens with zero attached hydrogens (tertiary/aromatic N) is 1. The van der Waals surface area contributed by atoms with Crippen molar-refractivity contribution >= 4 is 5.91 Å². The molecule has 1 rings (SSSR count). The van der Waals surface area contributed by atoms with Crippen LogP contribution in [0.25, 0.3) is 0 Å². The molecule has 96 valence electrons. The lowest BCUT2D eigenvalue weighted by atomic mass is 10.3. The number of aromatic amines is 1. The first-order valence-electron chi connectivity index (χ1n) is 4.89. The number of carbonyl (C=O) groups excluding carboxylic acids is 1. The molecule has 0 atom stereocenters. The number of amides is 1. The van der Waals surface area contributed by atoms with Gasteiger partial charge in [-0.2, -0.15) is 13.2 Å².